The summed E-state index contributed by atoms with van der Waals surface area (Å²) in [7, 11) is 0. The molecule has 1 heterocycles. The van der Waals surface area contributed by atoms with Crippen LogP contribution >= 0.6 is 57.1 Å². The average molecular weight is 343 g/mol. The third-order valence-corrected chi connectivity index (χ3v) is 4.15. The van der Waals surface area contributed by atoms with E-state index in [1.165, 1.54) is 13.0 Å². The topological polar surface area (TPSA) is 0 Å². The number of alkyl halides is 1. The summed E-state index contributed by atoms with van der Waals surface area (Å²) in [5.74, 6) is 0.518. The molecule has 0 aliphatic rings. The first-order valence-electron chi connectivity index (χ1n) is 3.64. The summed E-state index contributed by atoms with van der Waals surface area (Å²) in [4.78, 5) is 0. The Hall–Kier alpha value is 0.490. The van der Waals surface area contributed by atoms with E-state index in [0.717, 1.165) is 10.6 Å². The fourth-order valence-electron chi connectivity index (χ4n) is 1.25. The van der Waals surface area contributed by atoms with Crippen molar-refractivity contribution in [1.82, 2.24) is 0 Å². The highest BCUT2D eigenvalue weighted by Crippen LogP contribution is 2.32. The molecule has 0 fully saturated rings. The molecule has 0 unspecified atom stereocenters. The Morgan fingerprint density at radius 1 is 1.31 bits per heavy atom. The van der Waals surface area contributed by atoms with Gasteiger partial charge in [0.05, 0.1) is 2.88 Å². The quantitative estimate of drug-likeness (QED) is 0.511. The van der Waals surface area contributed by atoms with Gasteiger partial charge in [0.1, 0.15) is 0 Å². The minimum absolute atomic E-state index is 0.518. The molecular formula is C9H5Cl2IS. The van der Waals surface area contributed by atoms with Crippen LogP contribution in [0.1, 0.15) is 5.56 Å². The fourth-order valence-corrected chi connectivity index (χ4v) is 3.68. The first-order chi connectivity index (χ1) is 6.20. The van der Waals surface area contributed by atoms with Gasteiger partial charge in [-0.15, -0.1) is 22.9 Å². The van der Waals surface area contributed by atoms with E-state index < -0.39 is 0 Å². The van der Waals surface area contributed by atoms with Gasteiger partial charge in [-0.05, 0) is 51.7 Å². The van der Waals surface area contributed by atoms with E-state index in [-0.39, 0.29) is 0 Å². The number of hydrogen-bond acceptors (Lipinski definition) is 1. The molecule has 0 spiro atoms. The summed E-state index contributed by atoms with van der Waals surface area (Å²) in [6.07, 6.45) is 0. The third kappa shape index (κ3) is 1.96. The summed E-state index contributed by atoms with van der Waals surface area (Å²) in [6, 6.07) is 6.06. The van der Waals surface area contributed by atoms with Crippen molar-refractivity contribution in [2.24, 2.45) is 0 Å². The molecule has 68 valence electrons. The largest absolute Gasteiger partial charge is 0.129 e. The maximum absolute atomic E-state index is 5.96. The Morgan fingerprint density at radius 2 is 2.08 bits per heavy atom. The van der Waals surface area contributed by atoms with Gasteiger partial charge < -0.3 is 0 Å². The summed E-state index contributed by atoms with van der Waals surface area (Å²) in [5, 5.41) is 2.00. The van der Waals surface area contributed by atoms with Gasteiger partial charge in [-0.25, -0.2) is 0 Å². The minimum atomic E-state index is 0.518. The van der Waals surface area contributed by atoms with E-state index in [4.69, 9.17) is 23.2 Å². The van der Waals surface area contributed by atoms with E-state index in [0.29, 0.717) is 5.88 Å². The Labute approximate surface area is 104 Å². The molecule has 0 amide bonds. The van der Waals surface area contributed by atoms with Crippen molar-refractivity contribution < 1.29 is 0 Å². The molecule has 2 aromatic rings. The van der Waals surface area contributed by atoms with Crippen LogP contribution < -0.4 is 0 Å². The first-order valence-corrected chi connectivity index (χ1v) is 6.45. The Balaban J connectivity index is 2.80. The highest BCUT2D eigenvalue weighted by Gasteiger charge is 2.05. The molecule has 0 N–H and O–H groups in total. The molecule has 0 radical (unpaired) electrons. The normalized spacial score (nSPS) is 11.0. The van der Waals surface area contributed by atoms with Crippen LogP contribution in [0.4, 0.5) is 0 Å². The molecule has 0 aliphatic carbocycles. The van der Waals surface area contributed by atoms with Gasteiger partial charge in [-0.3, -0.25) is 0 Å². The van der Waals surface area contributed by atoms with Gasteiger partial charge in [0.15, 0.2) is 0 Å². The van der Waals surface area contributed by atoms with Crippen LogP contribution in [0.25, 0.3) is 10.1 Å². The fraction of sp³-hybridized carbons (Fsp3) is 0.111. The number of fused-ring (bicyclic) bond motifs is 1. The molecule has 0 nitrogen and oxygen atoms in total. The number of hydrogen-bond donors (Lipinski definition) is 0. The smallest absolute Gasteiger partial charge is 0.0666 e. The van der Waals surface area contributed by atoms with Crippen LogP contribution in [0.15, 0.2) is 18.2 Å². The second kappa shape index (κ2) is 3.93. The van der Waals surface area contributed by atoms with Crippen molar-refractivity contribution in [3.8, 4) is 0 Å². The highest BCUT2D eigenvalue weighted by atomic mass is 127. The number of benzene rings is 1. The summed E-state index contributed by atoms with van der Waals surface area (Å²) in [6.45, 7) is 0. The molecule has 0 aliphatic heterocycles. The van der Waals surface area contributed by atoms with E-state index in [1.807, 2.05) is 12.1 Å². The van der Waals surface area contributed by atoms with E-state index in [9.17, 15) is 0 Å². The second-order valence-electron chi connectivity index (χ2n) is 2.66. The summed E-state index contributed by atoms with van der Waals surface area (Å²) in [5.41, 5.74) is 1.11. The zero-order chi connectivity index (χ0) is 9.42. The highest BCUT2D eigenvalue weighted by molar-refractivity contribution is 14.1. The predicted octanol–water partition coefficient (Wildman–Crippen LogP) is 4.90. The molecule has 13 heavy (non-hydrogen) atoms. The Morgan fingerprint density at radius 3 is 2.77 bits per heavy atom. The predicted molar refractivity (Wildman–Crippen MR) is 69.1 cm³/mol. The van der Waals surface area contributed by atoms with Crippen LogP contribution in [-0.2, 0) is 5.88 Å². The second-order valence-corrected chi connectivity index (χ2v) is 6.34. The minimum Gasteiger partial charge on any atom is -0.129 e. The SMILES string of the molecule is ClCc1cc(Cl)cc2sc(I)cc12. The number of thiophene rings is 1. The molecule has 4 heteroatoms. The zero-order valence-corrected chi connectivity index (χ0v) is 11.0. The van der Waals surface area contributed by atoms with Crippen LogP contribution in [0.5, 0.6) is 0 Å². The van der Waals surface area contributed by atoms with Gasteiger partial charge in [0.25, 0.3) is 0 Å². The summed E-state index contributed by atoms with van der Waals surface area (Å²) < 4.78 is 2.48. The summed E-state index contributed by atoms with van der Waals surface area (Å²) >= 11 is 15.8. The van der Waals surface area contributed by atoms with E-state index in [1.54, 1.807) is 11.3 Å². The molecule has 0 atom stereocenters. The van der Waals surface area contributed by atoms with Crippen molar-refractivity contribution in [3.05, 3.63) is 31.7 Å². The van der Waals surface area contributed by atoms with Gasteiger partial charge in [-0.1, -0.05) is 11.6 Å². The van der Waals surface area contributed by atoms with Crippen molar-refractivity contribution in [2.45, 2.75) is 5.88 Å². The molecule has 0 saturated heterocycles. The Kier molecular flexibility index (Phi) is 3.03. The lowest BCUT2D eigenvalue weighted by atomic mass is 10.1. The lowest BCUT2D eigenvalue weighted by molar-refractivity contribution is 1.46. The van der Waals surface area contributed by atoms with Crippen LogP contribution in [0, 0.1) is 2.88 Å². The van der Waals surface area contributed by atoms with Crippen LogP contribution in [-0.4, -0.2) is 0 Å². The van der Waals surface area contributed by atoms with Crippen molar-refractivity contribution in [2.75, 3.05) is 0 Å². The molecule has 1 aromatic carbocycles. The van der Waals surface area contributed by atoms with Gasteiger partial charge in [-0.2, -0.15) is 0 Å². The lowest BCUT2D eigenvalue weighted by Crippen LogP contribution is -1.78. The zero-order valence-electron chi connectivity index (χ0n) is 6.48. The first kappa shape index (κ1) is 10.0. The van der Waals surface area contributed by atoms with Crippen molar-refractivity contribution >= 4 is 67.2 Å². The van der Waals surface area contributed by atoms with Crippen molar-refractivity contribution in [1.29, 1.82) is 0 Å². The maximum Gasteiger partial charge on any atom is 0.0666 e. The van der Waals surface area contributed by atoms with Gasteiger partial charge in [0.2, 0.25) is 0 Å². The standard InChI is InChI=1S/C9H5Cl2IS/c10-4-5-1-6(11)2-8-7(5)3-9(12)13-8/h1-3H,4H2. The third-order valence-electron chi connectivity index (χ3n) is 1.80. The molecule has 2 rings (SSSR count). The molecular weight excluding hydrogens is 338 g/mol. The number of rotatable bonds is 1. The molecule has 0 saturated carbocycles. The van der Waals surface area contributed by atoms with E-state index in [2.05, 4.69) is 28.7 Å². The van der Waals surface area contributed by atoms with Gasteiger partial charge >= 0.3 is 0 Å². The van der Waals surface area contributed by atoms with Crippen LogP contribution in [0.2, 0.25) is 5.02 Å². The Bertz CT molecular complexity index is 450. The monoisotopic (exact) mass is 342 g/mol. The molecule has 0 bridgehead atoms. The van der Waals surface area contributed by atoms with Crippen LogP contribution in [0.3, 0.4) is 0 Å². The average Bonchev–Trinajstić information content (AvgIpc) is 2.43. The van der Waals surface area contributed by atoms with Gasteiger partial charge in [0, 0.05) is 15.6 Å². The molecule has 1 aromatic heterocycles. The number of halogens is 3. The van der Waals surface area contributed by atoms with E-state index >= 15 is 0 Å². The maximum atomic E-state index is 5.96. The van der Waals surface area contributed by atoms with Crippen molar-refractivity contribution in [3.63, 3.8) is 0 Å². The lowest BCUT2D eigenvalue weighted by Gasteiger charge is -1.98.